The Morgan fingerprint density at radius 3 is 2.29 bits per heavy atom. The Morgan fingerprint density at radius 1 is 1.00 bits per heavy atom. The summed E-state index contributed by atoms with van der Waals surface area (Å²) >= 11 is 0. The summed E-state index contributed by atoms with van der Waals surface area (Å²) in [6, 6.07) is 15.1. The topological polar surface area (TPSA) is 65.1 Å². The zero-order chi connectivity index (χ0) is 20.7. The molecule has 0 radical (unpaired) electrons. The van der Waals surface area contributed by atoms with Gasteiger partial charge >= 0.3 is 12.1 Å². The highest BCUT2D eigenvalue weighted by molar-refractivity contribution is 5.94. The highest BCUT2D eigenvalue weighted by Gasteiger charge is 2.20. The Morgan fingerprint density at radius 2 is 1.68 bits per heavy atom. The summed E-state index contributed by atoms with van der Waals surface area (Å²) < 4.78 is 15.9. The Bertz CT molecular complexity index is 811. The largest absolute Gasteiger partial charge is 0.491 e. The quantitative estimate of drug-likeness (QED) is 0.690. The molecule has 28 heavy (non-hydrogen) atoms. The van der Waals surface area contributed by atoms with Crippen LogP contribution < -0.4 is 4.74 Å². The molecule has 0 aliphatic rings. The summed E-state index contributed by atoms with van der Waals surface area (Å²) in [6.45, 7) is 5.96. The van der Waals surface area contributed by atoms with Crippen LogP contribution in [-0.4, -0.2) is 49.9 Å². The lowest BCUT2D eigenvalue weighted by atomic mass is 10.0. The minimum atomic E-state index is -0.558. The van der Waals surface area contributed by atoms with Crippen molar-refractivity contribution in [2.75, 3.05) is 27.3 Å². The van der Waals surface area contributed by atoms with Gasteiger partial charge in [-0.25, -0.2) is 9.59 Å². The van der Waals surface area contributed by atoms with Crippen molar-refractivity contribution in [3.63, 3.8) is 0 Å². The Hall–Kier alpha value is -3.02. The fraction of sp³-hybridized carbons (Fsp3) is 0.364. The van der Waals surface area contributed by atoms with E-state index in [1.807, 2.05) is 57.2 Å². The van der Waals surface area contributed by atoms with Gasteiger partial charge in [0.15, 0.2) is 0 Å². The lowest BCUT2D eigenvalue weighted by Crippen LogP contribution is -2.36. The Balaban J connectivity index is 2.08. The van der Waals surface area contributed by atoms with Crippen LogP contribution in [-0.2, 0) is 9.47 Å². The van der Waals surface area contributed by atoms with Crippen molar-refractivity contribution in [3.05, 3.63) is 54.1 Å². The molecule has 6 heteroatoms. The highest BCUT2D eigenvalue weighted by atomic mass is 16.6. The SMILES string of the molecule is COC(=O)c1cc(-c2ccccc2)ccc1OCCN(C)C(=O)OC(C)(C)C. The summed E-state index contributed by atoms with van der Waals surface area (Å²) in [6.07, 6.45) is -0.427. The number of esters is 1. The fourth-order valence-corrected chi connectivity index (χ4v) is 2.46. The zero-order valence-corrected chi connectivity index (χ0v) is 17.0. The molecule has 0 atom stereocenters. The van der Waals surface area contributed by atoms with Gasteiger partial charge in [0, 0.05) is 7.05 Å². The monoisotopic (exact) mass is 385 g/mol. The van der Waals surface area contributed by atoms with Crippen molar-refractivity contribution >= 4 is 12.1 Å². The molecule has 0 aliphatic carbocycles. The van der Waals surface area contributed by atoms with Gasteiger partial charge in [-0.05, 0) is 44.0 Å². The lowest BCUT2D eigenvalue weighted by Gasteiger charge is -2.24. The van der Waals surface area contributed by atoms with E-state index < -0.39 is 17.7 Å². The highest BCUT2D eigenvalue weighted by Crippen LogP contribution is 2.27. The van der Waals surface area contributed by atoms with E-state index in [1.54, 1.807) is 19.2 Å². The van der Waals surface area contributed by atoms with Crippen LogP contribution in [0.25, 0.3) is 11.1 Å². The molecule has 0 heterocycles. The first-order chi connectivity index (χ1) is 13.2. The number of ether oxygens (including phenoxy) is 3. The number of amides is 1. The molecule has 2 aromatic rings. The first kappa shape index (κ1) is 21.3. The number of hydrogen-bond acceptors (Lipinski definition) is 5. The van der Waals surface area contributed by atoms with Gasteiger partial charge in [-0.15, -0.1) is 0 Å². The van der Waals surface area contributed by atoms with Gasteiger partial charge in [-0.1, -0.05) is 36.4 Å². The van der Waals surface area contributed by atoms with E-state index in [9.17, 15) is 9.59 Å². The summed E-state index contributed by atoms with van der Waals surface area (Å²) in [5.74, 6) is -0.0719. The molecule has 0 aliphatic heterocycles. The third kappa shape index (κ3) is 6.01. The summed E-state index contributed by atoms with van der Waals surface area (Å²) in [5.41, 5.74) is 1.66. The van der Waals surface area contributed by atoms with Crippen LogP contribution in [0.1, 0.15) is 31.1 Å². The van der Waals surface area contributed by atoms with E-state index in [0.29, 0.717) is 17.9 Å². The smallest absolute Gasteiger partial charge is 0.410 e. The predicted molar refractivity (Wildman–Crippen MR) is 108 cm³/mol. The first-order valence-electron chi connectivity index (χ1n) is 9.06. The molecular formula is C22H27NO5. The second kappa shape index (κ2) is 9.26. The molecule has 1 amide bonds. The molecular weight excluding hydrogens is 358 g/mol. The summed E-state index contributed by atoms with van der Waals surface area (Å²) in [4.78, 5) is 25.6. The number of methoxy groups -OCH3 is 1. The second-order valence-electron chi connectivity index (χ2n) is 7.32. The zero-order valence-electron chi connectivity index (χ0n) is 17.0. The summed E-state index contributed by atoms with van der Waals surface area (Å²) in [5, 5.41) is 0. The molecule has 0 N–H and O–H groups in total. The number of likely N-dealkylation sites (N-methyl/N-ethyl adjacent to an activating group) is 1. The molecule has 0 bridgehead atoms. The van der Waals surface area contributed by atoms with Gasteiger partial charge in [0.25, 0.3) is 0 Å². The molecule has 6 nitrogen and oxygen atoms in total. The maximum Gasteiger partial charge on any atom is 0.410 e. The van der Waals surface area contributed by atoms with Gasteiger partial charge < -0.3 is 19.1 Å². The van der Waals surface area contributed by atoms with Crippen molar-refractivity contribution in [3.8, 4) is 16.9 Å². The number of hydrogen-bond donors (Lipinski definition) is 0. The third-order valence-electron chi connectivity index (χ3n) is 3.88. The second-order valence-corrected chi connectivity index (χ2v) is 7.32. The van der Waals surface area contributed by atoms with E-state index >= 15 is 0 Å². The maximum absolute atomic E-state index is 12.2. The first-order valence-corrected chi connectivity index (χ1v) is 9.06. The van der Waals surface area contributed by atoms with Crippen LogP contribution in [0.15, 0.2) is 48.5 Å². The molecule has 0 unspecified atom stereocenters. The summed E-state index contributed by atoms with van der Waals surface area (Å²) in [7, 11) is 2.97. The number of benzene rings is 2. The fourth-order valence-electron chi connectivity index (χ4n) is 2.46. The third-order valence-corrected chi connectivity index (χ3v) is 3.88. The van der Waals surface area contributed by atoms with E-state index in [1.165, 1.54) is 12.0 Å². The molecule has 0 fully saturated rings. The van der Waals surface area contributed by atoms with Crippen molar-refractivity contribution in [1.82, 2.24) is 4.90 Å². The molecule has 2 rings (SSSR count). The van der Waals surface area contributed by atoms with Crippen LogP contribution in [0, 0.1) is 0 Å². The van der Waals surface area contributed by atoms with Crippen LogP contribution in [0.3, 0.4) is 0 Å². The van der Waals surface area contributed by atoms with Crippen LogP contribution in [0.5, 0.6) is 5.75 Å². The average molecular weight is 385 g/mol. The average Bonchev–Trinajstić information content (AvgIpc) is 2.66. The van der Waals surface area contributed by atoms with Gasteiger partial charge in [-0.2, -0.15) is 0 Å². The molecule has 2 aromatic carbocycles. The van der Waals surface area contributed by atoms with Crippen LogP contribution >= 0.6 is 0 Å². The number of rotatable bonds is 6. The van der Waals surface area contributed by atoms with Gasteiger partial charge in [-0.3, -0.25) is 0 Å². The van der Waals surface area contributed by atoms with Crippen molar-refractivity contribution in [2.24, 2.45) is 0 Å². The predicted octanol–water partition coefficient (Wildman–Crippen LogP) is 4.39. The van der Waals surface area contributed by atoms with Crippen molar-refractivity contribution in [2.45, 2.75) is 26.4 Å². The molecule has 0 aromatic heterocycles. The molecule has 0 saturated heterocycles. The Labute approximate surface area is 166 Å². The number of nitrogens with zero attached hydrogens (tertiary/aromatic N) is 1. The van der Waals surface area contributed by atoms with E-state index in [0.717, 1.165) is 11.1 Å². The minimum Gasteiger partial charge on any atom is -0.491 e. The molecule has 0 spiro atoms. The van der Waals surface area contributed by atoms with Crippen LogP contribution in [0.4, 0.5) is 4.79 Å². The van der Waals surface area contributed by atoms with E-state index in [2.05, 4.69) is 0 Å². The Kier molecular flexibility index (Phi) is 7.04. The molecule has 150 valence electrons. The van der Waals surface area contributed by atoms with Crippen molar-refractivity contribution < 1.29 is 23.8 Å². The van der Waals surface area contributed by atoms with Crippen LogP contribution in [0.2, 0.25) is 0 Å². The van der Waals surface area contributed by atoms with Crippen molar-refractivity contribution in [1.29, 1.82) is 0 Å². The minimum absolute atomic E-state index is 0.213. The van der Waals surface area contributed by atoms with E-state index in [4.69, 9.17) is 14.2 Å². The number of carbonyl (C=O) groups is 2. The maximum atomic E-state index is 12.2. The standard InChI is InChI=1S/C22H27NO5/c1-22(2,3)28-21(25)23(4)13-14-27-19-12-11-17(15-18(19)20(24)26-5)16-9-7-6-8-10-16/h6-12,15H,13-14H2,1-5H3. The lowest BCUT2D eigenvalue weighted by molar-refractivity contribution is 0.0276. The normalized spacial score (nSPS) is 10.9. The van der Waals surface area contributed by atoms with Gasteiger partial charge in [0.05, 0.1) is 13.7 Å². The van der Waals surface area contributed by atoms with E-state index in [-0.39, 0.29) is 6.61 Å². The van der Waals surface area contributed by atoms with Gasteiger partial charge in [0.2, 0.25) is 0 Å². The number of carbonyl (C=O) groups excluding carboxylic acids is 2. The van der Waals surface area contributed by atoms with Gasteiger partial charge in [0.1, 0.15) is 23.5 Å². The molecule has 0 saturated carbocycles.